The highest BCUT2D eigenvalue weighted by Gasteiger charge is 2.47. The highest BCUT2D eigenvalue weighted by molar-refractivity contribution is 7.90. The van der Waals surface area contributed by atoms with Crippen LogP contribution in [0.2, 0.25) is 0 Å². The molecule has 0 atom stereocenters. The zero-order valence-corrected chi connectivity index (χ0v) is 35.9. The van der Waals surface area contributed by atoms with Crippen LogP contribution in [-0.2, 0) is 22.1 Å². The van der Waals surface area contributed by atoms with E-state index in [-0.39, 0.29) is 70.6 Å². The quantitative estimate of drug-likeness (QED) is 0.184. The van der Waals surface area contributed by atoms with Gasteiger partial charge in [-0.15, -0.1) is 0 Å². The first-order valence-electron chi connectivity index (χ1n) is 21.1. The number of likely N-dealkylation sites (tertiary alicyclic amines) is 1. The Morgan fingerprint density at radius 1 is 0.984 bits per heavy atom. The number of ether oxygens (including phenoxy) is 1. The van der Waals surface area contributed by atoms with Crippen LogP contribution in [0.4, 0.5) is 30.8 Å². The molecule has 4 aliphatic rings. The van der Waals surface area contributed by atoms with E-state index >= 15 is 8.78 Å². The standard InChI is InChI=1S/C43H47F2N11O6S/c1-4-51(2)63(60,61)50-35-8-6-32(44)39(31(35)24-46)62-28-5-7-34-29(19-28)41(58)56(25-47-34)27-22-43(23-27)12-17-53(18-13-43)26-9-14-54(15-10-26)37-21-36-30(20-33(37)45)40(49-52(36)3)55-16-11-38(57)48-42(55)59/h5-8,19-21,25-27,50H,4,9-18,22-23H2,1-3H3,(H,48,57,59). The van der Waals surface area contributed by atoms with Crippen molar-refractivity contribution in [1.29, 1.82) is 5.26 Å². The summed E-state index contributed by atoms with van der Waals surface area (Å²) in [5.74, 6) is -1.67. The monoisotopic (exact) mass is 883 g/mol. The number of urea groups is 1. The number of nitrogens with zero attached hydrogens (tertiary/aromatic N) is 9. The molecule has 1 spiro atoms. The Morgan fingerprint density at radius 3 is 2.43 bits per heavy atom. The molecule has 3 aromatic carbocycles. The van der Waals surface area contributed by atoms with Gasteiger partial charge < -0.3 is 14.5 Å². The van der Waals surface area contributed by atoms with E-state index < -0.39 is 27.8 Å². The molecule has 5 heterocycles. The van der Waals surface area contributed by atoms with Crippen molar-refractivity contribution in [3.63, 3.8) is 0 Å². The molecule has 0 bridgehead atoms. The van der Waals surface area contributed by atoms with Gasteiger partial charge in [-0.2, -0.15) is 23.1 Å². The molecule has 2 N–H and O–H groups in total. The average molecular weight is 884 g/mol. The van der Waals surface area contributed by atoms with E-state index in [0.717, 1.165) is 68.1 Å². The summed E-state index contributed by atoms with van der Waals surface area (Å²) >= 11 is 0. The first kappa shape index (κ1) is 42.1. The molecule has 4 fully saturated rings. The number of hydrogen-bond acceptors (Lipinski definition) is 11. The van der Waals surface area contributed by atoms with Crippen molar-refractivity contribution in [2.75, 3.05) is 60.8 Å². The number of nitriles is 1. The van der Waals surface area contributed by atoms with Gasteiger partial charge in [0.25, 0.3) is 5.56 Å². The van der Waals surface area contributed by atoms with E-state index in [4.69, 9.17) is 4.74 Å². The second kappa shape index (κ2) is 16.2. The molecule has 5 aromatic rings. The molecule has 9 rings (SSSR count). The third-order valence-corrected chi connectivity index (χ3v) is 15.0. The second-order valence-corrected chi connectivity index (χ2v) is 18.8. The van der Waals surface area contributed by atoms with Crippen molar-refractivity contribution in [2.45, 2.75) is 64.0 Å². The number of aromatic nitrogens is 4. The third-order valence-electron chi connectivity index (χ3n) is 13.4. The Hall–Kier alpha value is -6.17. The van der Waals surface area contributed by atoms with Crippen LogP contribution < -0.4 is 30.1 Å². The maximum absolute atomic E-state index is 15.7. The maximum Gasteiger partial charge on any atom is 0.329 e. The van der Waals surface area contributed by atoms with Crippen LogP contribution in [0, 0.1) is 28.4 Å². The fourth-order valence-corrected chi connectivity index (χ4v) is 10.6. The zero-order chi connectivity index (χ0) is 44.4. The molecular formula is C43H47F2N11O6S. The van der Waals surface area contributed by atoms with Crippen molar-refractivity contribution >= 4 is 61.1 Å². The van der Waals surface area contributed by atoms with Crippen LogP contribution in [0.25, 0.3) is 21.8 Å². The van der Waals surface area contributed by atoms with Crippen LogP contribution in [0.1, 0.15) is 63.5 Å². The van der Waals surface area contributed by atoms with Gasteiger partial charge in [0.1, 0.15) is 23.2 Å². The van der Waals surface area contributed by atoms with E-state index in [1.165, 1.54) is 30.1 Å². The van der Waals surface area contributed by atoms with Gasteiger partial charge in [0.2, 0.25) is 5.91 Å². The summed E-state index contributed by atoms with van der Waals surface area (Å²) < 4.78 is 68.7. The number of aryl methyl sites for hydroxylation is 1. The highest BCUT2D eigenvalue weighted by atomic mass is 32.2. The summed E-state index contributed by atoms with van der Waals surface area (Å²) in [6.07, 6.45) is 7.19. The number of halogens is 2. The lowest BCUT2D eigenvalue weighted by Gasteiger charge is -2.54. The molecule has 63 heavy (non-hydrogen) atoms. The number of nitrogens with one attached hydrogen (secondary N) is 2. The molecule has 0 radical (unpaired) electrons. The third kappa shape index (κ3) is 7.71. The van der Waals surface area contributed by atoms with Crippen molar-refractivity contribution in [3.8, 4) is 17.6 Å². The van der Waals surface area contributed by atoms with Crippen LogP contribution >= 0.6 is 0 Å². The molecule has 330 valence electrons. The van der Waals surface area contributed by atoms with Gasteiger partial charge >= 0.3 is 16.2 Å². The molecule has 2 aromatic heterocycles. The first-order chi connectivity index (χ1) is 30.2. The van der Waals surface area contributed by atoms with E-state index in [1.54, 1.807) is 41.7 Å². The highest BCUT2D eigenvalue weighted by Crippen LogP contribution is 2.54. The van der Waals surface area contributed by atoms with E-state index in [0.29, 0.717) is 47.1 Å². The van der Waals surface area contributed by atoms with Gasteiger partial charge in [-0.1, -0.05) is 6.92 Å². The molecule has 1 aliphatic carbocycles. The molecule has 3 saturated heterocycles. The summed E-state index contributed by atoms with van der Waals surface area (Å²) in [6.45, 7) is 5.27. The summed E-state index contributed by atoms with van der Waals surface area (Å²) in [5, 5.41) is 17.5. The van der Waals surface area contributed by atoms with Gasteiger partial charge in [0.05, 0.1) is 34.1 Å². The number of hydrogen-bond donors (Lipinski definition) is 2. The molecule has 1 saturated carbocycles. The van der Waals surface area contributed by atoms with Crippen molar-refractivity contribution < 1.29 is 31.5 Å². The number of imide groups is 1. The summed E-state index contributed by atoms with van der Waals surface area (Å²) in [4.78, 5) is 48.7. The number of carbonyl (C=O) groups is 2. The number of amides is 3. The van der Waals surface area contributed by atoms with Crippen molar-refractivity contribution in [1.82, 2.24) is 33.9 Å². The lowest BCUT2D eigenvalue weighted by atomic mass is 9.60. The minimum Gasteiger partial charge on any atom is -0.453 e. The predicted molar refractivity (Wildman–Crippen MR) is 231 cm³/mol. The molecular weight excluding hydrogens is 837 g/mol. The second-order valence-electron chi connectivity index (χ2n) is 17.0. The zero-order valence-electron chi connectivity index (χ0n) is 35.1. The van der Waals surface area contributed by atoms with Crippen LogP contribution in [0.5, 0.6) is 11.5 Å². The molecule has 17 nitrogen and oxygen atoms in total. The Morgan fingerprint density at radius 2 is 1.73 bits per heavy atom. The van der Waals surface area contributed by atoms with Crippen molar-refractivity contribution in [3.05, 3.63) is 76.3 Å². The Balaban J connectivity index is 0.819. The number of piperidine rings is 2. The van der Waals surface area contributed by atoms with Gasteiger partial charge in [-0.3, -0.25) is 33.8 Å². The maximum atomic E-state index is 15.7. The number of anilines is 3. The Bertz CT molecular complexity index is 2870. The minimum atomic E-state index is -4.01. The molecule has 20 heteroatoms. The topological polar surface area (TPSA) is 191 Å². The number of fused-ring (bicyclic) bond motifs is 2. The van der Waals surface area contributed by atoms with E-state index in [1.807, 2.05) is 6.07 Å². The number of carbonyl (C=O) groups excluding carboxylic acids is 2. The van der Waals surface area contributed by atoms with Gasteiger partial charge in [-0.25, -0.2) is 18.6 Å². The molecule has 0 unspecified atom stereocenters. The first-order valence-corrected chi connectivity index (χ1v) is 22.5. The van der Waals surface area contributed by atoms with Gasteiger partial charge in [0, 0.05) is 64.2 Å². The number of rotatable bonds is 10. The average Bonchev–Trinajstić information content (AvgIpc) is 3.57. The Kier molecular flexibility index (Phi) is 10.8. The summed E-state index contributed by atoms with van der Waals surface area (Å²) in [6, 6.07) is 11.6. The van der Waals surface area contributed by atoms with Crippen LogP contribution in [0.3, 0.4) is 0 Å². The minimum absolute atomic E-state index is 0.0358. The predicted octanol–water partition coefficient (Wildman–Crippen LogP) is 5.37. The van der Waals surface area contributed by atoms with Crippen molar-refractivity contribution in [2.24, 2.45) is 12.5 Å². The largest absolute Gasteiger partial charge is 0.453 e. The lowest BCUT2D eigenvalue weighted by Crippen LogP contribution is -2.53. The smallest absolute Gasteiger partial charge is 0.329 e. The fourth-order valence-electron chi connectivity index (χ4n) is 9.63. The molecule has 3 amide bonds. The normalized spacial score (nSPS) is 18.9. The van der Waals surface area contributed by atoms with Gasteiger partial charge in [0.15, 0.2) is 17.4 Å². The summed E-state index contributed by atoms with van der Waals surface area (Å²) in [7, 11) is -0.886. The van der Waals surface area contributed by atoms with E-state index in [9.17, 15) is 28.1 Å². The van der Waals surface area contributed by atoms with Crippen LogP contribution in [0.15, 0.2) is 53.6 Å². The van der Waals surface area contributed by atoms with Gasteiger partial charge in [-0.05, 0) is 99.5 Å². The Labute approximate surface area is 362 Å². The van der Waals surface area contributed by atoms with E-state index in [2.05, 4.69) is 29.9 Å². The molecule has 3 aliphatic heterocycles. The summed E-state index contributed by atoms with van der Waals surface area (Å²) in [5.41, 5.74) is 1.00. The number of benzene rings is 3. The lowest BCUT2D eigenvalue weighted by molar-refractivity contribution is -0.120. The van der Waals surface area contributed by atoms with Crippen LogP contribution in [-0.4, -0.2) is 101 Å². The SMILES string of the molecule is CCN(C)S(=O)(=O)Nc1ccc(F)c(Oc2ccc3ncn(C4CC5(CCN(C6CCN(c7cc8c(cc7F)c(N7CCC(=O)NC7=O)nn8C)CC6)CC5)C4)c(=O)c3c2)c1C#N. The fraction of sp³-hybridized carbons (Fsp3) is 0.442.